The molecule has 90 valence electrons. The van der Waals surface area contributed by atoms with E-state index < -0.39 is 0 Å². The second kappa shape index (κ2) is 4.58. The fourth-order valence-corrected chi connectivity index (χ4v) is 2.21. The minimum Gasteiger partial charge on any atom is -0.313 e. The van der Waals surface area contributed by atoms with Gasteiger partial charge >= 0.3 is 0 Å². The van der Waals surface area contributed by atoms with Gasteiger partial charge in [-0.2, -0.15) is 5.10 Å². The van der Waals surface area contributed by atoms with Crippen LogP contribution in [0.15, 0.2) is 12.3 Å². The molecule has 1 aliphatic rings. The van der Waals surface area contributed by atoms with E-state index in [1.54, 1.807) is 0 Å². The van der Waals surface area contributed by atoms with Crippen LogP contribution in [0.25, 0.3) is 0 Å². The maximum Gasteiger partial charge on any atom is 0.0640 e. The van der Waals surface area contributed by atoms with Gasteiger partial charge in [0.25, 0.3) is 0 Å². The van der Waals surface area contributed by atoms with Crippen LogP contribution in [-0.4, -0.2) is 22.4 Å². The molecule has 1 heterocycles. The molecule has 1 N–H and O–H groups in total. The van der Waals surface area contributed by atoms with Gasteiger partial charge in [0, 0.05) is 25.7 Å². The van der Waals surface area contributed by atoms with Gasteiger partial charge in [0.15, 0.2) is 0 Å². The zero-order valence-electron chi connectivity index (χ0n) is 10.7. The zero-order valence-corrected chi connectivity index (χ0v) is 10.7. The average Bonchev–Trinajstić information content (AvgIpc) is 2.86. The molecule has 1 atom stereocenters. The van der Waals surface area contributed by atoms with Gasteiger partial charge in [-0.3, -0.25) is 4.68 Å². The molecule has 0 saturated heterocycles. The van der Waals surface area contributed by atoms with Gasteiger partial charge in [0.2, 0.25) is 0 Å². The fourth-order valence-electron chi connectivity index (χ4n) is 2.21. The predicted molar refractivity (Wildman–Crippen MR) is 66.3 cm³/mol. The van der Waals surface area contributed by atoms with Gasteiger partial charge in [-0.25, -0.2) is 0 Å². The quantitative estimate of drug-likeness (QED) is 0.797. The van der Waals surface area contributed by atoms with Gasteiger partial charge in [-0.05, 0) is 37.3 Å². The van der Waals surface area contributed by atoms with Gasteiger partial charge < -0.3 is 5.32 Å². The molecule has 1 aromatic rings. The lowest BCUT2D eigenvalue weighted by molar-refractivity contribution is 0.351. The largest absolute Gasteiger partial charge is 0.313 e. The molecule has 0 amide bonds. The highest BCUT2D eigenvalue weighted by atomic mass is 15.2. The lowest BCUT2D eigenvalue weighted by Crippen LogP contribution is -2.38. The Balaban J connectivity index is 1.96. The Morgan fingerprint density at radius 2 is 2.31 bits per heavy atom. The van der Waals surface area contributed by atoms with Crippen LogP contribution in [0.1, 0.15) is 38.8 Å². The van der Waals surface area contributed by atoms with Crippen molar-refractivity contribution in [1.29, 1.82) is 0 Å². The van der Waals surface area contributed by atoms with Crippen molar-refractivity contribution in [3.8, 4) is 0 Å². The first-order valence-electron chi connectivity index (χ1n) is 6.36. The van der Waals surface area contributed by atoms with Gasteiger partial charge in [-0.1, -0.05) is 13.8 Å². The third kappa shape index (κ3) is 2.64. The number of rotatable bonds is 6. The Morgan fingerprint density at radius 1 is 1.56 bits per heavy atom. The second-order valence-electron chi connectivity index (χ2n) is 5.35. The summed E-state index contributed by atoms with van der Waals surface area (Å²) in [6.07, 6.45) is 7.02. The Morgan fingerprint density at radius 3 is 2.81 bits per heavy atom. The Bertz CT molecular complexity index is 339. The van der Waals surface area contributed by atoms with Gasteiger partial charge in [-0.15, -0.1) is 0 Å². The van der Waals surface area contributed by atoms with Crippen molar-refractivity contribution < 1.29 is 0 Å². The van der Waals surface area contributed by atoms with E-state index in [0.29, 0.717) is 11.5 Å². The van der Waals surface area contributed by atoms with Crippen LogP contribution in [-0.2, 0) is 13.5 Å². The summed E-state index contributed by atoms with van der Waals surface area (Å²) in [5.74, 6) is 0. The van der Waals surface area contributed by atoms with E-state index in [1.807, 2.05) is 17.9 Å². The first kappa shape index (κ1) is 11.6. The summed E-state index contributed by atoms with van der Waals surface area (Å²) >= 11 is 0. The van der Waals surface area contributed by atoms with Crippen molar-refractivity contribution in [1.82, 2.24) is 15.1 Å². The minimum absolute atomic E-state index is 0.521. The molecule has 0 spiro atoms. The summed E-state index contributed by atoms with van der Waals surface area (Å²) in [6.45, 7) is 5.73. The molecule has 16 heavy (non-hydrogen) atoms. The third-order valence-electron chi connectivity index (χ3n) is 3.70. The van der Waals surface area contributed by atoms with Gasteiger partial charge in [0.1, 0.15) is 0 Å². The van der Waals surface area contributed by atoms with Crippen LogP contribution in [0.3, 0.4) is 0 Å². The highest BCUT2D eigenvalue weighted by molar-refractivity contribution is 5.08. The maximum atomic E-state index is 4.48. The molecular formula is C13H23N3. The van der Waals surface area contributed by atoms with Crippen molar-refractivity contribution >= 4 is 0 Å². The molecule has 1 fully saturated rings. The Labute approximate surface area is 98.2 Å². The third-order valence-corrected chi connectivity index (χ3v) is 3.70. The van der Waals surface area contributed by atoms with Crippen molar-refractivity contribution in [2.75, 3.05) is 6.54 Å². The monoisotopic (exact) mass is 221 g/mol. The first-order chi connectivity index (χ1) is 7.64. The smallest absolute Gasteiger partial charge is 0.0640 e. The van der Waals surface area contributed by atoms with Crippen molar-refractivity contribution in [3.05, 3.63) is 18.0 Å². The average molecular weight is 221 g/mol. The number of hydrogen-bond acceptors (Lipinski definition) is 2. The lowest BCUT2D eigenvalue weighted by Gasteiger charge is -2.24. The van der Waals surface area contributed by atoms with Crippen molar-refractivity contribution in [2.45, 2.75) is 45.6 Å². The van der Waals surface area contributed by atoms with Crippen LogP contribution >= 0.6 is 0 Å². The highest BCUT2D eigenvalue weighted by Gasteiger charge is 2.44. The van der Waals surface area contributed by atoms with E-state index in [4.69, 9.17) is 0 Å². The number of aromatic nitrogens is 2. The van der Waals surface area contributed by atoms with Crippen LogP contribution < -0.4 is 5.32 Å². The summed E-state index contributed by atoms with van der Waals surface area (Å²) in [6, 6.07) is 2.73. The topological polar surface area (TPSA) is 29.9 Å². The molecule has 0 radical (unpaired) electrons. The summed E-state index contributed by atoms with van der Waals surface area (Å²) in [5, 5.41) is 8.16. The van der Waals surface area contributed by atoms with E-state index in [9.17, 15) is 0 Å². The van der Waals surface area contributed by atoms with E-state index in [1.165, 1.54) is 25.0 Å². The van der Waals surface area contributed by atoms with Gasteiger partial charge in [0.05, 0.1) is 5.69 Å². The lowest BCUT2D eigenvalue weighted by atomic mass is 9.94. The molecule has 0 aliphatic heterocycles. The van der Waals surface area contributed by atoms with Crippen molar-refractivity contribution in [3.63, 3.8) is 0 Å². The number of nitrogens with one attached hydrogen (secondary N) is 1. The Kier molecular flexibility index (Phi) is 3.33. The molecule has 3 nitrogen and oxygen atoms in total. The summed E-state index contributed by atoms with van der Waals surface area (Å²) in [7, 11) is 1.98. The number of aryl methyl sites for hydroxylation is 1. The number of hydrogen-bond donors (Lipinski definition) is 1. The summed E-state index contributed by atoms with van der Waals surface area (Å²) < 4.78 is 1.89. The molecule has 1 aliphatic carbocycles. The molecule has 0 bridgehead atoms. The second-order valence-corrected chi connectivity index (χ2v) is 5.35. The summed E-state index contributed by atoms with van der Waals surface area (Å²) in [5.41, 5.74) is 1.73. The molecule has 2 rings (SSSR count). The van der Waals surface area contributed by atoms with E-state index in [-0.39, 0.29) is 0 Å². The van der Waals surface area contributed by atoms with E-state index in [2.05, 4.69) is 30.3 Å². The normalized spacial score (nSPS) is 19.7. The molecular weight excluding hydrogens is 198 g/mol. The SMILES string of the molecule is CCCNC(Cc1ccn(C)n1)C1(C)CC1. The van der Waals surface area contributed by atoms with Crippen LogP contribution in [0.4, 0.5) is 0 Å². The first-order valence-corrected chi connectivity index (χ1v) is 6.36. The molecule has 3 heteroatoms. The minimum atomic E-state index is 0.521. The predicted octanol–water partition coefficient (Wildman–Crippen LogP) is 2.13. The van der Waals surface area contributed by atoms with Crippen LogP contribution in [0.2, 0.25) is 0 Å². The molecule has 1 saturated carbocycles. The summed E-state index contributed by atoms with van der Waals surface area (Å²) in [4.78, 5) is 0. The van der Waals surface area contributed by atoms with E-state index in [0.717, 1.165) is 13.0 Å². The van der Waals surface area contributed by atoms with E-state index >= 15 is 0 Å². The maximum absolute atomic E-state index is 4.48. The van der Waals surface area contributed by atoms with Crippen molar-refractivity contribution in [2.24, 2.45) is 12.5 Å². The highest BCUT2D eigenvalue weighted by Crippen LogP contribution is 2.48. The zero-order chi connectivity index (χ0) is 11.6. The molecule has 1 unspecified atom stereocenters. The molecule has 1 aromatic heterocycles. The van der Waals surface area contributed by atoms with Crippen LogP contribution in [0.5, 0.6) is 0 Å². The Hall–Kier alpha value is -0.830. The standard InChI is InChI=1S/C13H23N3/c1-4-8-14-12(13(2)6-7-13)10-11-5-9-16(3)15-11/h5,9,12,14H,4,6-8,10H2,1-3H3. The molecule has 0 aromatic carbocycles. The fraction of sp³-hybridized carbons (Fsp3) is 0.769. The number of nitrogens with zero attached hydrogens (tertiary/aromatic N) is 2. The van der Waals surface area contributed by atoms with Crippen LogP contribution in [0, 0.1) is 5.41 Å².